The molecular formula is C10H11BrFNS. The Hall–Kier alpha value is -0.320. The van der Waals surface area contributed by atoms with Crippen molar-refractivity contribution in [1.29, 1.82) is 0 Å². The smallest absolute Gasteiger partial charge is 0.138 e. The second-order valence-corrected chi connectivity index (χ2v) is 4.33. The lowest BCUT2D eigenvalue weighted by Gasteiger charge is -2.04. The summed E-state index contributed by atoms with van der Waals surface area (Å²) in [5, 5.41) is 0. The predicted molar refractivity (Wildman–Crippen MR) is 64.0 cm³/mol. The van der Waals surface area contributed by atoms with Crippen molar-refractivity contribution in [1.82, 2.24) is 0 Å². The van der Waals surface area contributed by atoms with E-state index in [-0.39, 0.29) is 5.82 Å². The van der Waals surface area contributed by atoms with Crippen LogP contribution in [0.1, 0.15) is 5.56 Å². The number of thioether (sulfide) groups is 1. The quantitative estimate of drug-likeness (QED) is 0.857. The Morgan fingerprint density at radius 3 is 2.79 bits per heavy atom. The molecule has 0 unspecified atom stereocenters. The molecule has 0 heterocycles. The van der Waals surface area contributed by atoms with Crippen molar-refractivity contribution in [3.8, 4) is 0 Å². The lowest BCUT2D eigenvalue weighted by Crippen LogP contribution is -1.92. The third kappa shape index (κ3) is 2.83. The molecule has 0 radical (unpaired) electrons. The molecule has 0 atom stereocenters. The lowest BCUT2D eigenvalue weighted by atomic mass is 10.2. The van der Waals surface area contributed by atoms with Crippen LogP contribution in [0.4, 0.5) is 4.39 Å². The van der Waals surface area contributed by atoms with Crippen molar-refractivity contribution in [3.05, 3.63) is 34.1 Å². The molecule has 1 rings (SSSR count). The Kier molecular flexibility index (Phi) is 4.65. The Morgan fingerprint density at radius 1 is 1.57 bits per heavy atom. The van der Waals surface area contributed by atoms with Crippen LogP contribution in [0.15, 0.2) is 27.6 Å². The maximum atomic E-state index is 13.4. The third-order valence-corrected chi connectivity index (χ3v) is 3.38. The van der Waals surface area contributed by atoms with Crippen molar-refractivity contribution < 1.29 is 4.39 Å². The molecule has 0 spiro atoms. The van der Waals surface area contributed by atoms with Gasteiger partial charge in [0.15, 0.2) is 0 Å². The van der Waals surface area contributed by atoms with Crippen LogP contribution in [0.2, 0.25) is 0 Å². The Labute approximate surface area is 95.7 Å². The molecule has 0 saturated carbocycles. The van der Waals surface area contributed by atoms with E-state index < -0.39 is 0 Å². The molecule has 1 nitrogen and oxygen atoms in total. The van der Waals surface area contributed by atoms with E-state index in [9.17, 15) is 4.39 Å². The summed E-state index contributed by atoms with van der Waals surface area (Å²) in [5.41, 5.74) is 6.13. The Bertz CT molecular complexity index is 329. The monoisotopic (exact) mass is 275 g/mol. The van der Waals surface area contributed by atoms with E-state index in [1.807, 2.05) is 12.3 Å². The van der Waals surface area contributed by atoms with E-state index in [0.717, 1.165) is 10.0 Å². The first-order valence-electron chi connectivity index (χ1n) is 4.08. The van der Waals surface area contributed by atoms with Gasteiger partial charge in [0.25, 0.3) is 0 Å². The van der Waals surface area contributed by atoms with Crippen molar-refractivity contribution in [3.63, 3.8) is 0 Å². The first-order chi connectivity index (χ1) is 6.69. The SMILES string of the molecule is CSc1c(F)cc(/C=C/CN)cc1Br. The molecule has 0 aliphatic carbocycles. The Morgan fingerprint density at radius 2 is 2.29 bits per heavy atom. The van der Waals surface area contributed by atoms with Gasteiger partial charge in [0.05, 0.1) is 4.90 Å². The highest BCUT2D eigenvalue weighted by atomic mass is 79.9. The maximum Gasteiger partial charge on any atom is 0.138 e. The van der Waals surface area contributed by atoms with Crippen LogP contribution in [-0.4, -0.2) is 12.8 Å². The fraction of sp³-hybridized carbons (Fsp3) is 0.200. The minimum Gasteiger partial charge on any atom is -0.327 e. The number of halogens is 2. The number of rotatable bonds is 3. The summed E-state index contributed by atoms with van der Waals surface area (Å²) >= 11 is 4.71. The summed E-state index contributed by atoms with van der Waals surface area (Å²) in [6.07, 6.45) is 5.44. The topological polar surface area (TPSA) is 26.0 Å². The lowest BCUT2D eigenvalue weighted by molar-refractivity contribution is 0.600. The van der Waals surface area contributed by atoms with Crippen molar-refractivity contribution >= 4 is 33.8 Å². The van der Waals surface area contributed by atoms with Crippen molar-refractivity contribution in [2.45, 2.75) is 4.90 Å². The molecule has 0 aliphatic rings. The van der Waals surface area contributed by atoms with E-state index in [4.69, 9.17) is 5.73 Å². The van der Waals surface area contributed by atoms with Gasteiger partial charge in [-0.1, -0.05) is 12.2 Å². The fourth-order valence-electron chi connectivity index (χ4n) is 1.07. The standard InChI is InChI=1S/C10H11BrFNS/c1-14-10-8(11)5-7(3-2-4-13)6-9(10)12/h2-3,5-6H,4,13H2,1H3/b3-2+. The molecule has 76 valence electrons. The molecule has 14 heavy (non-hydrogen) atoms. The molecule has 0 aromatic heterocycles. The zero-order chi connectivity index (χ0) is 10.6. The second kappa shape index (κ2) is 5.53. The molecule has 1 aromatic carbocycles. The summed E-state index contributed by atoms with van der Waals surface area (Å²) in [5.74, 6) is -0.205. The first-order valence-corrected chi connectivity index (χ1v) is 6.10. The molecule has 0 saturated heterocycles. The largest absolute Gasteiger partial charge is 0.327 e. The minimum absolute atomic E-state index is 0.205. The van der Waals surface area contributed by atoms with Gasteiger partial charge in [-0.15, -0.1) is 11.8 Å². The van der Waals surface area contributed by atoms with E-state index in [1.165, 1.54) is 17.8 Å². The van der Waals surface area contributed by atoms with Crippen LogP contribution in [0.5, 0.6) is 0 Å². The highest BCUT2D eigenvalue weighted by Gasteiger charge is 2.06. The highest BCUT2D eigenvalue weighted by molar-refractivity contribution is 9.10. The third-order valence-electron chi connectivity index (χ3n) is 1.67. The van der Waals surface area contributed by atoms with E-state index >= 15 is 0 Å². The van der Waals surface area contributed by atoms with Gasteiger partial charge in [-0.05, 0) is 39.9 Å². The van der Waals surface area contributed by atoms with Gasteiger partial charge in [-0.3, -0.25) is 0 Å². The molecule has 1 aromatic rings. The first kappa shape index (κ1) is 11.8. The van der Waals surface area contributed by atoms with Crippen molar-refractivity contribution in [2.75, 3.05) is 12.8 Å². The van der Waals surface area contributed by atoms with Crippen molar-refractivity contribution in [2.24, 2.45) is 5.73 Å². The van der Waals surface area contributed by atoms with Gasteiger partial charge in [-0.25, -0.2) is 4.39 Å². The predicted octanol–water partition coefficient (Wildman–Crippen LogP) is 3.28. The molecule has 0 amide bonds. The van der Waals surface area contributed by atoms with Gasteiger partial charge in [-0.2, -0.15) is 0 Å². The van der Waals surface area contributed by atoms with E-state index in [0.29, 0.717) is 11.4 Å². The average molecular weight is 276 g/mol. The zero-order valence-electron chi connectivity index (χ0n) is 7.76. The maximum absolute atomic E-state index is 13.4. The van der Waals surface area contributed by atoms with Gasteiger partial charge in [0.1, 0.15) is 5.82 Å². The summed E-state index contributed by atoms with van der Waals surface area (Å²) in [6.45, 7) is 0.462. The van der Waals surface area contributed by atoms with Crippen LogP contribution < -0.4 is 5.73 Å². The normalized spacial score (nSPS) is 11.1. The fourth-order valence-corrected chi connectivity index (χ4v) is 2.52. The molecule has 0 aliphatic heterocycles. The Balaban J connectivity index is 3.07. The molecular weight excluding hydrogens is 265 g/mol. The van der Waals surface area contributed by atoms with Crippen LogP contribution in [-0.2, 0) is 0 Å². The summed E-state index contributed by atoms with van der Waals surface area (Å²) in [7, 11) is 0. The van der Waals surface area contributed by atoms with E-state index in [1.54, 1.807) is 12.2 Å². The number of nitrogens with two attached hydrogens (primary N) is 1. The van der Waals surface area contributed by atoms with Crippen LogP contribution >= 0.6 is 27.7 Å². The molecule has 4 heteroatoms. The van der Waals surface area contributed by atoms with Gasteiger partial charge >= 0.3 is 0 Å². The molecule has 0 bridgehead atoms. The molecule has 2 N–H and O–H groups in total. The average Bonchev–Trinajstić information content (AvgIpc) is 2.14. The van der Waals surface area contributed by atoms with Crippen LogP contribution in [0.25, 0.3) is 6.08 Å². The second-order valence-electron chi connectivity index (χ2n) is 2.66. The van der Waals surface area contributed by atoms with Gasteiger partial charge < -0.3 is 5.73 Å². The van der Waals surface area contributed by atoms with Gasteiger partial charge in [0.2, 0.25) is 0 Å². The zero-order valence-corrected chi connectivity index (χ0v) is 10.2. The summed E-state index contributed by atoms with van der Waals surface area (Å²) < 4.78 is 14.2. The molecule has 0 fully saturated rings. The van der Waals surface area contributed by atoms with Gasteiger partial charge in [0, 0.05) is 11.0 Å². The highest BCUT2D eigenvalue weighted by Crippen LogP contribution is 2.30. The number of hydrogen-bond acceptors (Lipinski definition) is 2. The number of benzene rings is 1. The summed E-state index contributed by atoms with van der Waals surface area (Å²) in [6, 6.07) is 3.38. The minimum atomic E-state index is -0.205. The summed E-state index contributed by atoms with van der Waals surface area (Å²) in [4.78, 5) is 0.634. The number of hydrogen-bond donors (Lipinski definition) is 1. The van der Waals surface area contributed by atoms with Crippen LogP contribution in [0.3, 0.4) is 0 Å². The van der Waals surface area contributed by atoms with Crippen LogP contribution in [0, 0.1) is 5.82 Å². The van der Waals surface area contributed by atoms with E-state index in [2.05, 4.69) is 15.9 Å².